The maximum Gasteiger partial charge on any atom is 0.123 e. The van der Waals surface area contributed by atoms with Crippen molar-refractivity contribution in [3.63, 3.8) is 0 Å². The highest BCUT2D eigenvalue weighted by Crippen LogP contribution is 2.42. The topological polar surface area (TPSA) is 20.2 Å². The van der Waals surface area contributed by atoms with E-state index in [2.05, 4.69) is 84.2 Å². The van der Waals surface area contributed by atoms with Gasteiger partial charge in [0.1, 0.15) is 5.75 Å². The molecule has 1 N–H and O–H groups in total. The van der Waals surface area contributed by atoms with Crippen molar-refractivity contribution in [1.82, 2.24) is 0 Å². The monoisotopic (exact) mass is 328 g/mol. The zero-order valence-electron chi connectivity index (χ0n) is 15.3. The molecular formula is C21H28OS. The van der Waals surface area contributed by atoms with Gasteiger partial charge in [0.15, 0.2) is 0 Å². The molecule has 0 saturated carbocycles. The second-order valence-electron chi connectivity index (χ2n) is 8.15. The van der Waals surface area contributed by atoms with Crippen LogP contribution in [0.25, 0.3) is 11.1 Å². The Labute approximate surface area is 145 Å². The maximum atomic E-state index is 10.8. The minimum absolute atomic E-state index is 0.0979. The Morgan fingerprint density at radius 3 is 1.52 bits per heavy atom. The molecule has 0 aliphatic rings. The van der Waals surface area contributed by atoms with Crippen LogP contribution in [0.4, 0.5) is 0 Å². The summed E-state index contributed by atoms with van der Waals surface area (Å²) in [6.07, 6.45) is 2.09. The van der Waals surface area contributed by atoms with Crippen molar-refractivity contribution >= 4 is 11.8 Å². The Morgan fingerprint density at radius 2 is 1.17 bits per heavy atom. The van der Waals surface area contributed by atoms with E-state index in [1.54, 1.807) is 11.8 Å². The molecular weight excluding hydrogens is 300 g/mol. The zero-order chi connectivity index (χ0) is 17.4. The van der Waals surface area contributed by atoms with Crippen LogP contribution >= 0.6 is 11.8 Å². The highest BCUT2D eigenvalue weighted by Gasteiger charge is 2.26. The van der Waals surface area contributed by atoms with E-state index in [0.29, 0.717) is 5.75 Å². The third-order valence-corrected chi connectivity index (χ3v) is 4.89. The Hall–Kier alpha value is -1.41. The molecule has 0 saturated heterocycles. The van der Waals surface area contributed by atoms with Gasteiger partial charge in [-0.15, -0.1) is 11.8 Å². The molecule has 2 aromatic rings. The molecule has 0 aromatic heterocycles. The molecule has 0 aliphatic carbocycles. The van der Waals surface area contributed by atoms with Crippen LogP contribution in [0.5, 0.6) is 5.75 Å². The first-order valence-corrected chi connectivity index (χ1v) is 9.29. The third-order valence-electron chi connectivity index (χ3n) is 4.15. The van der Waals surface area contributed by atoms with E-state index >= 15 is 0 Å². The van der Waals surface area contributed by atoms with Crippen LogP contribution in [0.3, 0.4) is 0 Å². The molecule has 0 spiro atoms. The second-order valence-corrected chi connectivity index (χ2v) is 9.03. The molecule has 0 atom stereocenters. The van der Waals surface area contributed by atoms with Crippen molar-refractivity contribution < 1.29 is 5.11 Å². The average molecular weight is 329 g/mol. The van der Waals surface area contributed by atoms with Gasteiger partial charge in [0.2, 0.25) is 0 Å². The summed E-state index contributed by atoms with van der Waals surface area (Å²) >= 11 is 1.75. The van der Waals surface area contributed by atoms with Crippen LogP contribution in [0.15, 0.2) is 41.3 Å². The van der Waals surface area contributed by atoms with Gasteiger partial charge in [-0.25, -0.2) is 0 Å². The van der Waals surface area contributed by atoms with Gasteiger partial charge in [-0.1, -0.05) is 53.7 Å². The van der Waals surface area contributed by atoms with Gasteiger partial charge >= 0.3 is 0 Å². The van der Waals surface area contributed by atoms with E-state index in [4.69, 9.17) is 0 Å². The number of hydrogen-bond acceptors (Lipinski definition) is 2. The number of phenols is 1. The lowest BCUT2D eigenvalue weighted by Gasteiger charge is -2.28. The van der Waals surface area contributed by atoms with E-state index in [0.717, 1.165) is 11.1 Å². The summed E-state index contributed by atoms with van der Waals surface area (Å²) in [5.41, 5.74) is 4.19. The lowest BCUT2D eigenvalue weighted by Crippen LogP contribution is -2.17. The number of phenolic OH excluding ortho intramolecular Hbond substituents is 1. The molecule has 0 amide bonds. The summed E-state index contributed by atoms with van der Waals surface area (Å²) in [4.78, 5) is 1.26. The van der Waals surface area contributed by atoms with Crippen LogP contribution in [0.1, 0.15) is 52.7 Å². The zero-order valence-corrected chi connectivity index (χ0v) is 16.1. The summed E-state index contributed by atoms with van der Waals surface area (Å²) in [6, 6.07) is 12.9. The first-order valence-electron chi connectivity index (χ1n) is 8.06. The molecule has 0 radical (unpaired) electrons. The lowest BCUT2D eigenvalue weighted by molar-refractivity contribution is 0.423. The molecule has 0 unspecified atom stereocenters. The Morgan fingerprint density at radius 1 is 0.739 bits per heavy atom. The fraction of sp³-hybridized carbons (Fsp3) is 0.429. The fourth-order valence-corrected chi connectivity index (χ4v) is 3.14. The first kappa shape index (κ1) is 17.9. The van der Waals surface area contributed by atoms with Gasteiger partial charge in [0.25, 0.3) is 0 Å². The smallest absolute Gasteiger partial charge is 0.123 e. The highest BCUT2D eigenvalue weighted by molar-refractivity contribution is 7.98. The number of thioether (sulfide) groups is 1. The van der Waals surface area contributed by atoms with Crippen LogP contribution in [0, 0.1) is 0 Å². The average Bonchev–Trinajstić information content (AvgIpc) is 2.45. The molecule has 0 heterocycles. The van der Waals surface area contributed by atoms with Crippen molar-refractivity contribution in [3.05, 3.63) is 47.5 Å². The second kappa shape index (κ2) is 6.24. The molecule has 124 valence electrons. The molecule has 1 nitrogen and oxygen atoms in total. The summed E-state index contributed by atoms with van der Waals surface area (Å²) in [7, 11) is 0. The van der Waals surface area contributed by atoms with Crippen LogP contribution in [-0.2, 0) is 10.8 Å². The lowest BCUT2D eigenvalue weighted by atomic mass is 9.78. The molecule has 2 heteroatoms. The summed E-state index contributed by atoms with van der Waals surface area (Å²) in [6.45, 7) is 12.9. The predicted octanol–water partition coefficient (Wildman–Crippen LogP) is 6.38. The molecule has 0 fully saturated rings. The standard InChI is InChI=1S/C21H28OS/c1-20(2,3)17-12-15(13-18(19(17)22)21(4,5)6)14-8-10-16(23-7)11-9-14/h8-13,22H,1-7H3. The summed E-state index contributed by atoms with van der Waals surface area (Å²) in [5, 5.41) is 10.8. The fourth-order valence-electron chi connectivity index (χ4n) is 2.73. The highest BCUT2D eigenvalue weighted by atomic mass is 32.2. The van der Waals surface area contributed by atoms with Gasteiger partial charge in [-0.3, -0.25) is 0 Å². The minimum atomic E-state index is -0.0979. The van der Waals surface area contributed by atoms with E-state index < -0.39 is 0 Å². The van der Waals surface area contributed by atoms with Gasteiger partial charge in [0.05, 0.1) is 0 Å². The van der Waals surface area contributed by atoms with E-state index in [-0.39, 0.29) is 10.8 Å². The number of rotatable bonds is 2. The number of benzene rings is 2. The largest absolute Gasteiger partial charge is 0.507 e. The van der Waals surface area contributed by atoms with Crippen LogP contribution in [-0.4, -0.2) is 11.4 Å². The molecule has 2 aromatic carbocycles. The van der Waals surface area contributed by atoms with Crippen molar-refractivity contribution in [2.75, 3.05) is 6.26 Å². The summed E-state index contributed by atoms with van der Waals surface area (Å²) in [5.74, 6) is 0.439. The van der Waals surface area contributed by atoms with Crippen molar-refractivity contribution in [2.24, 2.45) is 0 Å². The van der Waals surface area contributed by atoms with Gasteiger partial charge in [0, 0.05) is 16.0 Å². The minimum Gasteiger partial charge on any atom is -0.507 e. The molecule has 2 rings (SSSR count). The van der Waals surface area contributed by atoms with Gasteiger partial charge in [-0.2, -0.15) is 0 Å². The SMILES string of the molecule is CSc1ccc(-c2cc(C(C)(C)C)c(O)c(C(C)(C)C)c2)cc1. The van der Waals surface area contributed by atoms with Crippen molar-refractivity contribution in [2.45, 2.75) is 57.3 Å². The molecule has 0 bridgehead atoms. The van der Waals surface area contributed by atoms with Gasteiger partial charge < -0.3 is 5.11 Å². The number of hydrogen-bond donors (Lipinski definition) is 1. The quantitative estimate of drug-likeness (QED) is 0.646. The first-order chi connectivity index (χ1) is 10.5. The number of aromatic hydroxyl groups is 1. The normalized spacial score (nSPS) is 12.5. The third kappa shape index (κ3) is 3.92. The summed E-state index contributed by atoms with van der Waals surface area (Å²) < 4.78 is 0. The molecule has 0 aliphatic heterocycles. The van der Waals surface area contributed by atoms with E-state index in [9.17, 15) is 5.11 Å². The van der Waals surface area contributed by atoms with Crippen molar-refractivity contribution in [3.8, 4) is 16.9 Å². The van der Waals surface area contributed by atoms with E-state index in [1.807, 2.05) is 0 Å². The maximum absolute atomic E-state index is 10.8. The van der Waals surface area contributed by atoms with E-state index in [1.165, 1.54) is 16.0 Å². The predicted molar refractivity (Wildman–Crippen MR) is 103 cm³/mol. The Balaban J connectivity index is 2.68. The van der Waals surface area contributed by atoms with Gasteiger partial charge in [-0.05, 0) is 52.5 Å². The van der Waals surface area contributed by atoms with Crippen molar-refractivity contribution in [1.29, 1.82) is 0 Å². The van der Waals surface area contributed by atoms with Crippen LogP contribution < -0.4 is 0 Å². The Kier molecular flexibility index (Phi) is 4.86. The van der Waals surface area contributed by atoms with Crippen LogP contribution in [0.2, 0.25) is 0 Å². The Bertz CT molecular complexity index is 650. The molecule has 23 heavy (non-hydrogen) atoms.